The number of imide groups is 1. The minimum Gasteiger partial charge on any atom is -0.390 e. The molecule has 0 saturated carbocycles. The second kappa shape index (κ2) is 5.93. The van der Waals surface area contributed by atoms with Crippen molar-refractivity contribution in [3.05, 3.63) is 53.8 Å². The summed E-state index contributed by atoms with van der Waals surface area (Å²) in [6.45, 7) is 0.327. The molecule has 1 unspecified atom stereocenters. The third kappa shape index (κ3) is 2.35. The van der Waals surface area contributed by atoms with E-state index in [0.29, 0.717) is 35.3 Å². The van der Waals surface area contributed by atoms with Gasteiger partial charge in [-0.15, -0.1) is 0 Å². The van der Waals surface area contributed by atoms with Gasteiger partial charge in [0.05, 0.1) is 23.4 Å². The Labute approximate surface area is 148 Å². The fourth-order valence-corrected chi connectivity index (χ4v) is 3.52. The maximum Gasteiger partial charge on any atom is 0.332 e. The van der Waals surface area contributed by atoms with Crippen molar-refractivity contribution in [2.75, 3.05) is 11.4 Å². The molecule has 2 atom stereocenters. The average Bonchev–Trinajstić information content (AvgIpc) is 3.14. The number of carbonyl (C=O) groups excluding carboxylic acids is 2. The fourth-order valence-electron chi connectivity index (χ4n) is 3.52. The van der Waals surface area contributed by atoms with E-state index in [9.17, 15) is 24.3 Å². The van der Waals surface area contributed by atoms with Crippen molar-refractivity contribution in [3.63, 3.8) is 0 Å². The van der Waals surface area contributed by atoms with Crippen molar-refractivity contribution in [2.45, 2.75) is 18.6 Å². The topological polar surface area (TPSA) is 84.6 Å². The van der Waals surface area contributed by atoms with Gasteiger partial charge in [0, 0.05) is 12.1 Å². The summed E-state index contributed by atoms with van der Waals surface area (Å²) in [5.74, 6) is -0.877. The molecule has 3 amide bonds. The Morgan fingerprint density at radius 3 is 2.54 bits per heavy atom. The third-order valence-electron chi connectivity index (χ3n) is 4.81. The highest BCUT2D eigenvalue weighted by molar-refractivity contribution is 6.22. The van der Waals surface area contributed by atoms with E-state index in [1.807, 2.05) is 0 Å². The highest BCUT2D eigenvalue weighted by Gasteiger charge is 2.52. The quantitative estimate of drug-likeness (QED) is 0.841. The number of aliphatic hydroxyl groups is 1. The molecule has 0 aliphatic carbocycles. The lowest BCUT2D eigenvalue weighted by Gasteiger charge is -2.17. The number of nitrogens with zero attached hydrogens (tertiary/aromatic N) is 3. The number of halogens is 1. The summed E-state index contributed by atoms with van der Waals surface area (Å²) in [6.07, 6.45) is -0.490. The molecule has 4 rings (SSSR count). The van der Waals surface area contributed by atoms with E-state index < -0.39 is 29.9 Å². The van der Waals surface area contributed by atoms with Gasteiger partial charge in [0.15, 0.2) is 0 Å². The van der Waals surface area contributed by atoms with Gasteiger partial charge in [0.25, 0.3) is 5.91 Å². The number of urea groups is 1. The van der Waals surface area contributed by atoms with Crippen LogP contribution in [-0.2, 0) is 4.79 Å². The number of anilines is 1. The smallest absolute Gasteiger partial charge is 0.332 e. The van der Waals surface area contributed by atoms with E-state index in [1.165, 1.54) is 41.3 Å². The first-order chi connectivity index (χ1) is 12.5. The average molecular weight is 351 g/mol. The normalized spacial score (nSPS) is 21.9. The summed E-state index contributed by atoms with van der Waals surface area (Å²) in [4.78, 5) is 27.6. The number of rotatable bonds is 2. The second-order valence-corrected chi connectivity index (χ2v) is 6.30. The summed E-state index contributed by atoms with van der Waals surface area (Å²) in [5.41, 5.74) is 1.77. The van der Waals surface area contributed by atoms with Gasteiger partial charge in [-0.25, -0.2) is 14.1 Å². The zero-order valence-corrected chi connectivity index (χ0v) is 13.6. The zero-order chi connectivity index (χ0) is 18.4. The molecule has 26 heavy (non-hydrogen) atoms. The number of aliphatic hydroxyl groups excluding tert-OH is 1. The number of nitriles is 1. The number of amides is 3. The predicted octanol–water partition coefficient (Wildman–Crippen LogP) is 2.27. The zero-order valence-electron chi connectivity index (χ0n) is 13.6. The Morgan fingerprint density at radius 2 is 1.88 bits per heavy atom. The molecular weight excluding hydrogens is 337 g/mol. The molecule has 1 N–H and O–H groups in total. The molecular formula is C19H14FN3O3. The van der Waals surface area contributed by atoms with Crippen LogP contribution in [0.2, 0.25) is 0 Å². The molecule has 130 valence electrons. The van der Waals surface area contributed by atoms with E-state index in [0.717, 1.165) is 4.90 Å². The summed E-state index contributed by atoms with van der Waals surface area (Å²) < 4.78 is 13.2. The Hall–Kier alpha value is -3.24. The number of hydrogen-bond donors (Lipinski definition) is 1. The SMILES string of the molecule is N#Cc1ccc(N2C(=O)[C@@H]3C(O)CCN3C2=O)cc1-c1ccc(F)cc1. The van der Waals surface area contributed by atoms with Crippen LogP contribution in [-0.4, -0.2) is 40.6 Å². The van der Waals surface area contributed by atoms with Crippen molar-refractivity contribution >= 4 is 17.6 Å². The van der Waals surface area contributed by atoms with Gasteiger partial charge in [-0.1, -0.05) is 12.1 Å². The molecule has 2 aliphatic rings. The molecule has 2 aromatic carbocycles. The Kier molecular flexibility index (Phi) is 3.71. The molecule has 2 aliphatic heterocycles. The Balaban J connectivity index is 1.78. The molecule has 0 bridgehead atoms. The minimum atomic E-state index is -0.869. The van der Waals surface area contributed by atoms with Crippen molar-refractivity contribution < 1.29 is 19.1 Å². The van der Waals surface area contributed by atoms with E-state index in [-0.39, 0.29) is 0 Å². The molecule has 6 nitrogen and oxygen atoms in total. The fraction of sp³-hybridized carbons (Fsp3) is 0.211. The van der Waals surface area contributed by atoms with Gasteiger partial charge in [-0.3, -0.25) is 4.79 Å². The molecule has 7 heteroatoms. The molecule has 2 saturated heterocycles. The summed E-state index contributed by atoms with van der Waals surface area (Å²) in [5, 5.41) is 19.3. The van der Waals surface area contributed by atoms with Crippen molar-refractivity contribution in [2.24, 2.45) is 0 Å². The first-order valence-electron chi connectivity index (χ1n) is 8.14. The first-order valence-corrected chi connectivity index (χ1v) is 8.14. The summed E-state index contributed by atoms with van der Waals surface area (Å²) in [7, 11) is 0. The van der Waals surface area contributed by atoms with Crippen LogP contribution in [0.1, 0.15) is 12.0 Å². The van der Waals surface area contributed by atoms with Gasteiger partial charge in [0.2, 0.25) is 0 Å². The molecule has 0 spiro atoms. The standard InChI is InChI=1S/C19H14FN3O3/c20-13-4-1-11(2-5-13)15-9-14(6-3-12(15)10-21)23-18(25)17-16(24)7-8-22(17)19(23)26/h1-6,9,16-17,24H,7-8H2/t16?,17-/m0/s1. The summed E-state index contributed by atoms with van der Waals surface area (Å²) in [6, 6.07) is 11.0. The first kappa shape index (κ1) is 16.2. The molecule has 2 heterocycles. The van der Waals surface area contributed by atoms with Gasteiger partial charge < -0.3 is 10.0 Å². The monoisotopic (exact) mass is 351 g/mol. The number of carbonyl (C=O) groups is 2. The van der Waals surface area contributed by atoms with E-state index in [4.69, 9.17) is 0 Å². The van der Waals surface area contributed by atoms with Crippen LogP contribution in [0.4, 0.5) is 14.9 Å². The van der Waals surface area contributed by atoms with E-state index >= 15 is 0 Å². The highest BCUT2D eigenvalue weighted by Crippen LogP contribution is 2.34. The van der Waals surface area contributed by atoms with Crippen molar-refractivity contribution in [3.8, 4) is 17.2 Å². The van der Waals surface area contributed by atoms with Crippen LogP contribution in [0, 0.1) is 17.1 Å². The lowest BCUT2D eigenvalue weighted by atomic mass is 9.99. The van der Waals surface area contributed by atoms with E-state index in [1.54, 1.807) is 6.07 Å². The maximum atomic E-state index is 13.2. The molecule has 2 aromatic rings. The number of benzene rings is 2. The predicted molar refractivity (Wildman–Crippen MR) is 90.6 cm³/mol. The van der Waals surface area contributed by atoms with Gasteiger partial charge in [-0.05, 0) is 42.3 Å². The number of fused-ring (bicyclic) bond motifs is 1. The van der Waals surface area contributed by atoms with Crippen LogP contribution in [0.5, 0.6) is 0 Å². The Bertz CT molecular complexity index is 951. The van der Waals surface area contributed by atoms with Crippen molar-refractivity contribution in [1.82, 2.24) is 4.90 Å². The third-order valence-corrected chi connectivity index (χ3v) is 4.81. The minimum absolute atomic E-state index is 0.319. The van der Waals surface area contributed by atoms with Crippen LogP contribution >= 0.6 is 0 Å². The van der Waals surface area contributed by atoms with Crippen LogP contribution in [0.3, 0.4) is 0 Å². The van der Waals surface area contributed by atoms with Gasteiger partial charge >= 0.3 is 6.03 Å². The largest absolute Gasteiger partial charge is 0.390 e. The van der Waals surface area contributed by atoms with Crippen molar-refractivity contribution in [1.29, 1.82) is 5.26 Å². The maximum absolute atomic E-state index is 13.2. The van der Waals surface area contributed by atoms with Gasteiger partial charge in [-0.2, -0.15) is 5.26 Å². The second-order valence-electron chi connectivity index (χ2n) is 6.30. The lowest BCUT2D eigenvalue weighted by molar-refractivity contribution is -0.121. The highest BCUT2D eigenvalue weighted by atomic mass is 19.1. The molecule has 2 fully saturated rings. The Morgan fingerprint density at radius 1 is 1.15 bits per heavy atom. The summed E-state index contributed by atoms with van der Waals surface area (Å²) >= 11 is 0. The van der Waals surface area contributed by atoms with E-state index in [2.05, 4.69) is 6.07 Å². The number of hydrogen-bond acceptors (Lipinski definition) is 4. The molecule has 0 radical (unpaired) electrons. The van der Waals surface area contributed by atoms with Crippen LogP contribution < -0.4 is 4.90 Å². The van der Waals surface area contributed by atoms with Gasteiger partial charge in [0.1, 0.15) is 11.9 Å². The molecule has 0 aromatic heterocycles. The van der Waals surface area contributed by atoms with Crippen LogP contribution in [0.15, 0.2) is 42.5 Å². The van der Waals surface area contributed by atoms with Crippen LogP contribution in [0.25, 0.3) is 11.1 Å². The lowest BCUT2D eigenvalue weighted by Crippen LogP contribution is -2.36.